The van der Waals surface area contributed by atoms with Crippen LogP contribution in [0, 0.1) is 11.3 Å². The number of rotatable bonds is 5. The van der Waals surface area contributed by atoms with Crippen LogP contribution in [0.2, 0.25) is 0 Å². The van der Waals surface area contributed by atoms with Crippen LogP contribution in [0.25, 0.3) is 33.5 Å². The number of aromatic nitrogens is 5. The van der Waals surface area contributed by atoms with Gasteiger partial charge in [0.1, 0.15) is 16.9 Å². The molecule has 0 radical (unpaired) electrons. The number of pyridine rings is 2. The van der Waals surface area contributed by atoms with Gasteiger partial charge in [-0.2, -0.15) is 19.1 Å². The zero-order valence-corrected chi connectivity index (χ0v) is 16.0. The lowest BCUT2D eigenvalue weighted by Crippen LogP contribution is -2.36. The van der Waals surface area contributed by atoms with Crippen molar-refractivity contribution < 1.29 is 13.6 Å². The van der Waals surface area contributed by atoms with Gasteiger partial charge in [0.05, 0.1) is 23.7 Å². The quantitative estimate of drug-likeness (QED) is 0.513. The molecule has 0 aliphatic heterocycles. The van der Waals surface area contributed by atoms with Gasteiger partial charge in [0.2, 0.25) is 0 Å². The van der Waals surface area contributed by atoms with Crippen molar-refractivity contribution in [1.29, 1.82) is 5.26 Å². The molecule has 0 atom stereocenters. The molecule has 2 N–H and O–H groups in total. The average molecular weight is 419 g/mol. The Balaban J connectivity index is 1.44. The number of nitrogens with zero attached hydrogens (tertiary/aromatic N) is 5. The van der Waals surface area contributed by atoms with Crippen molar-refractivity contribution in [3.63, 3.8) is 0 Å². The first-order chi connectivity index (χ1) is 15.0. The Bertz CT molecular complexity index is 1350. The first-order valence-corrected chi connectivity index (χ1v) is 9.49. The van der Waals surface area contributed by atoms with Crippen molar-refractivity contribution in [3.8, 4) is 28.6 Å². The summed E-state index contributed by atoms with van der Waals surface area (Å²) >= 11 is 0. The number of nitriles is 1. The molecule has 154 valence electrons. The van der Waals surface area contributed by atoms with Crippen molar-refractivity contribution >= 4 is 16.9 Å². The summed E-state index contributed by atoms with van der Waals surface area (Å²) in [6, 6.07) is 10.8. The molecule has 1 aliphatic rings. The van der Waals surface area contributed by atoms with E-state index in [4.69, 9.17) is 5.26 Å². The Morgan fingerprint density at radius 1 is 1.26 bits per heavy atom. The van der Waals surface area contributed by atoms with E-state index in [1.165, 1.54) is 12.4 Å². The Morgan fingerprint density at radius 3 is 2.81 bits per heavy atom. The zero-order valence-electron chi connectivity index (χ0n) is 16.0. The van der Waals surface area contributed by atoms with Crippen molar-refractivity contribution in [3.05, 3.63) is 54.6 Å². The highest BCUT2D eigenvalue weighted by atomic mass is 19.3. The van der Waals surface area contributed by atoms with Crippen LogP contribution >= 0.6 is 0 Å². The van der Waals surface area contributed by atoms with Crippen LogP contribution in [0.1, 0.15) is 29.9 Å². The first kappa shape index (κ1) is 18.9. The van der Waals surface area contributed by atoms with E-state index in [0.29, 0.717) is 45.7 Å². The number of hydrogen-bond donors (Lipinski definition) is 2. The molecule has 1 fully saturated rings. The Kier molecular flexibility index (Phi) is 4.25. The maximum atomic E-state index is 12.8. The maximum absolute atomic E-state index is 12.8. The summed E-state index contributed by atoms with van der Waals surface area (Å²) in [5.41, 5.74) is 2.40. The molecule has 0 unspecified atom stereocenters. The van der Waals surface area contributed by atoms with Crippen LogP contribution in [0.4, 0.5) is 8.78 Å². The molecule has 0 saturated heterocycles. The van der Waals surface area contributed by atoms with Gasteiger partial charge in [-0.3, -0.25) is 4.79 Å². The van der Waals surface area contributed by atoms with Gasteiger partial charge in [-0.25, -0.2) is 14.6 Å². The van der Waals surface area contributed by atoms with E-state index in [9.17, 15) is 13.6 Å². The van der Waals surface area contributed by atoms with E-state index in [1.807, 2.05) is 6.07 Å². The van der Waals surface area contributed by atoms with Gasteiger partial charge in [0.25, 0.3) is 5.91 Å². The predicted molar refractivity (Wildman–Crippen MR) is 107 cm³/mol. The van der Waals surface area contributed by atoms with E-state index in [0.717, 1.165) is 5.39 Å². The number of halogens is 2. The number of fused-ring (bicyclic) bond motifs is 1. The van der Waals surface area contributed by atoms with E-state index < -0.39 is 18.0 Å². The second kappa shape index (κ2) is 6.98. The molecule has 0 aromatic carbocycles. The molecular weight excluding hydrogens is 404 g/mol. The summed E-state index contributed by atoms with van der Waals surface area (Å²) in [4.78, 5) is 24.3. The molecule has 5 rings (SSSR count). The number of carbonyl (C=O) groups excluding carboxylic acids is 1. The average Bonchev–Trinajstić information content (AvgIpc) is 3.18. The number of carbonyl (C=O) groups is 1. The van der Waals surface area contributed by atoms with Crippen LogP contribution in [0.15, 0.2) is 48.9 Å². The molecule has 4 aromatic rings. The van der Waals surface area contributed by atoms with Gasteiger partial charge in [-0.1, -0.05) is 6.07 Å². The van der Waals surface area contributed by atoms with Gasteiger partial charge in [0, 0.05) is 28.9 Å². The molecule has 0 spiro atoms. The summed E-state index contributed by atoms with van der Waals surface area (Å²) in [5.74, 6) is -0.394. The lowest BCUT2D eigenvalue weighted by molar-refractivity contribution is 0.0566. The summed E-state index contributed by atoms with van der Waals surface area (Å²) in [6.07, 6.45) is 5.51. The minimum atomic E-state index is -2.71. The smallest absolute Gasteiger partial charge is 0.333 e. The molecule has 31 heavy (non-hydrogen) atoms. The van der Waals surface area contributed by atoms with Crippen LogP contribution in [0.5, 0.6) is 0 Å². The molecule has 1 amide bonds. The Hall–Kier alpha value is -4.13. The highest BCUT2D eigenvalue weighted by Crippen LogP contribution is 2.34. The molecule has 1 aliphatic carbocycles. The molecule has 1 saturated carbocycles. The van der Waals surface area contributed by atoms with E-state index in [2.05, 4.69) is 31.4 Å². The third-order valence-electron chi connectivity index (χ3n) is 5.18. The summed E-state index contributed by atoms with van der Waals surface area (Å²) in [5, 5.41) is 16.3. The lowest BCUT2D eigenvalue weighted by atomic mass is 10.1. The molecular formula is C21H15F2N7O. The first-order valence-electron chi connectivity index (χ1n) is 9.49. The third-order valence-corrected chi connectivity index (χ3v) is 5.18. The lowest BCUT2D eigenvalue weighted by Gasteiger charge is -2.09. The fourth-order valence-electron chi connectivity index (χ4n) is 3.29. The Morgan fingerprint density at radius 2 is 2.10 bits per heavy atom. The number of alkyl halides is 2. The second-order valence-electron chi connectivity index (χ2n) is 7.39. The third kappa shape index (κ3) is 3.50. The van der Waals surface area contributed by atoms with E-state index in [-0.39, 0.29) is 5.69 Å². The SMILES string of the molecule is N#CC1(NC(=O)c2cccc(-c3cnc4[nH]c(-c5cnn(C(F)F)c5)cc4c3)n2)CC1. The maximum Gasteiger partial charge on any atom is 0.333 e. The zero-order chi connectivity index (χ0) is 21.6. The van der Waals surface area contributed by atoms with Gasteiger partial charge in [0.15, 0.2) is 0 Å². The van der Waals surface area contributed by atoms with Crippen LogP contribution < -0.4 is 5.32 Å². The molecule has 10 heteroatoms. The molecule has 4 aromatic heterocycles. The second-order valence-corrected chi connectivity index (χ2v) is 7.39. The highest BCUT2D eigenvalue weighted by Gasteiger charge is 2.44. The minimum Gasteiger partial charge on any atom is -0.339 e. The molecule has 4 heterocycles. The van der Waals surface area contributed by atoms with Gasteiger partial charge in [-0.05, 0) is 37.1 Å². The molecule has 8 nitrogen and oxygen atoms in total. The van der Waals surface area contributed by atoms with Gasteiger partial charge < -0.3 is 10.3 Å². The number of aromatic amines is 1. The van der Waals surface area contributed by atoms with Crippen molar-refractivity contribution in [1.82, 2.24) is 30.0 Å². The van der Waals surface area contributed by atoms with Gasteiger partial charge in [-0.15, -0.1) is 0 Å². The van der Waals surface area contributed by atoms with E-state index in [1.54, 1.807) is 30.5 Å². The van der Waals surface area contributed by atoms with Crippen molar-refractivity contribution in [2.75, 3.05) is 0 Å². The van der Waals surface area contributed by atoms with Crippen LogP contribution in [0.3, 0.4) is 0 Å². The summed E-state index contributed by atoms with van der Waals surface area (Å²) < 4.78 is 26.1. The van der Waals surface area contributed by atoms with Crippen LogP contribution in [-0.4, -0.2) is 36.2 Å². The standard InChI is InChI=1S/C21H15F2N7O/c22-20(23)30-10-14(9-26-30)17-7-12-6-13(8-25-18(12)28-17)15-2-1-3-16(27-15)19(31)29-21(11-24)4-5-21/h1-3,6-10,20H,4-5H2,(H,25,28)(H,29,31). The molecule has 0 bridgehead atoms. The number of nitrogens with one attached hydrogen (secondary N) is 2. The number of H-pyrrole nitrogens is 1. The van der Waals surface area contributed by atoms with Gasteiger partial charge >= 0.3 is 6.55 Å². The topological polar surface area (TPSA) is 112 Å². The largest absolute Gasteiger partial charge is 0.339 e. The number of hydrogen-bond acceptors (Lipinski definition) is 5. The van der Waals surface area contributed by atoms with E-state index >= 15 is 0 Å². The fraction of sp³-hybridized carbons (Fsp3) is 0.190. The summed E-state index contributed by atoms with van der Waals surface area (Å²) in [7, 11) is 0. The monoisotopic (exact) mass is 419 g/mol. The summed E-state index contributed by atoms with van der Waals surface area (Å²) in [6.45, 7) is -2.71. The minimum absolute atomic E-state index is 0.216. The normalized spacial score (nSPS) is 14.5. The van der Waals surface area contributed by atoms with Crippen molar-refractivity contribution in [2.45, 2.75) is 24.9 Å². The van der Waals surface area contributed by atoms with Crippen molar-refractivity contribution in [2.24, 2.45) is 0 Å². The fourth-order valence-corrected chi connectivity index (χ4v) is 3.29. The predicted octanol–water partition coefficient (Wildman–Crippen LogP) is 3.67. The highest BCUT2D eigenvalue weighted by molar-refractivity contribution is 5.94. The Labute approximate surface area is 174 Å². The van der Waals surface area contributed by atoms with Crippen LogP contribution in [-0.2, 0) is 0 Å². The number of amides is 1.